The minimum absolute atomic E-state index is 0.0416. The van der Waals surface area contributed by atoms with Crippen LogP contribution in [-0.4, -0.2) is 33.0 Å². The minimum Gasteiger partial charge on any atom is -0.375 e. The second kappa shape index (κ2) is 4.93. The fraction of sp³-hybridized carbons (Fsp3) is 0.154. The van der Waals surface area contributed by atoms with Gasteiger partial charge in [-0.1, -0.05) is 11.3 Å². The molecule has 20 heavy (non-hydrogen) atoms. The highest BCUT2D eigenvalue weighted by atomic mass is 32.1. The van der Waals surface area contributed by atoms with E-state index >= 15 is 0 Å². The first-order valence-corrected chi connectivity index (χ1v) is 6.84. The largest absolute Gasteiger partial charge is 0.375 e. The molecule has 0 unspecified atom stereocenters. The smallest absolute Gasteiger partial charge is 0.253 e. The summed E-state index contributed by atoms with van der Waals surface area (Å²) in [5.74, 6) is -0.0416. The number of thiazole rings is 1. The summed E-state index contributed by atoms with van der Waals surface area (Å²) in [4.78, 5) is 18.2. The van der Waals surface area contributed by atoms with E-state index in [1.807, 2.05) is 12.1 Å². The summed E-state index contributed by atoms with van der Waals surface area (Å²) < 4.78 is 0.921. The molecule has 0 aliphatic rings. The van der Waals surface area contributed by atoms with Gasteiger partial charge in [0.25, 0.3) is 5.91 Å². The lowest BCUT2D eigenvalue weighted by Gasteiger charge is -2.16. The van der Waals surface area contributed by atoms with Crippen molar-refractivity contribution >= 4 is 32.6 Å². The van der Waals surface area contributed by atoms with Gasteiger partial charge in [-0.3, -0.25) is 9.89 Å². The summed E-state index contributed by atoms with van der Waals surface area (Å²) in [7, 11) is 1.76. The molecule has 102 valence electrons. The van der Waals surface area contributed by atoms with E-state index in [9.17, 15) is 4.79 Å². The van der Waals surface area contributed by atoms with Gasteiger partial charge in [0.05, 0.1) is 16.4 Å². The monoisotopic (exact) mass is 287 g/mol. The summed E-state index contributed by atoms with van der Waals surface area (Å²) in [6, 6.07) is 5.42. The van der Waals surface area contributed by atoms with Crippen molar-refractivity contribution in [2.24, 2.45) is 0 Å². The molecule has 0 atom stereocenters. The van der Waals surface area contributed by atoms with Crippen LogP contribution in [0.1, 0.15) is 15.9 Å². The molecule has 7 heteroatoms. The SMILES string of the molecule is CN(Cc1cn[nH]c1)C(=O)c1ccc2nc(N)sc2c1. The Morgan fingerprint density at radius 3 is 3.10 bits per heavy atom. The summed E-state index contributed by atoms with van der Waals surface area (Å²) in [5.41, 5.74) is 8.08. The number of anilines is 1. The molecule has 6 nitrogen and oxygen atoms in total. The Morgan fingerprint density at radius 2 is 2.35 bits per heavy atom. The third-order valence-electron chi connectivity index (χ3n) is 2.97. The molecule has 0 spiro atoms. The molecule has 0 aliphatic heterocycles. The number of hydrogen-bond acceptors (Lipinski definition) is 5. The van der Waals surface area contributed by atoms with Crippen LogP contribution in [0.5, 0.6) is 0 Å². The zero-order valence-corrected chi connectivity index (χ0v) is 11.6. The average molecular weight is 287 g/mol. The van der Waals surface area contributed by atoms with Gasteiger partial charge in [-0.2, -0.15) is 5.10 Å². The Hall–Kier alpha value is -2.41. The first-order valence-electron chi connectivity index (χ1n) is 6.02. The van der Waals surface area contributed by atoms with Crippen molar-refractivity contribution in [1.29, 1.82) is 0 Å². The normalized spacial score (nSPS) is 10.8. The Morgan fingerprint density at radius 1 is 1.50 bits per heavy atom. The Kier molecular flexibility index (Phi) is 3.11. The maximum atomic E-state index is 12.4. The quantitative estimate of drug-likeness (QED) is 0.769. The van der Waals surface area contributed by atoms with Crippen LogP contribution in [0.15, 0.2) is 30.6 Å². The molecule has 0 bridgehead atoms. The Bertz CT molecular complexity index is 749. The highest BCUT2D eigenvalue weighted by molar-refractivity contribution is 7.22. The van der Waals surface area contributed by atoms with E-state index in [4.69, 9.17) is 5.73 Å². The number of rotatable bonds is 3. The van der Waals surface area contributed by atoms with Crippen LogP contribution in [0.25, 0.3) is 10.2 Å². The van der Waals surface area contributed by atoms with Crippen LogP contribution >= 0.6 is 11.3 Å². The fourth-order valence-corrected chi connectivity index (χ4v) is 2.78. The number of nitrogen functional groups attached to an aromatic ring is 1. The number of nitrogens with zero attached hydrogens (tertiary/aromatic N) is 3. The van der Waals surface area contributed by atoms with E-state index < -0.39 is 0 Å². The number of fused-ring (bicyclic) bond motifs is 1. The van der Waals surface area contributed by atoms with Gasteiger partial charge in [-0.15, -0.1) is 0 Å². The molecule has 2 heterocycles. The zero-order valence-electron chi connectivity index (χ0n) is 10.8. The first kappa shape index (κ1) is 12.6. The number of amides is 1. The number of aromatic amines is 1. The maximum absolute atomic E-state index is 12.4. The number of hydrogen-bond donors (Lipinski definition) is 2. The van der Waals surface area contributed by atoms with E-state index in [2.05, 4.69) is 15.2 Å². The van der Waals surface area contributed by atoms with Gasteiger partial charge >= 0.3 is 0 Å². The molecular formula is C13H13N5OS. The molecule has 1 amide bonds. The predicted molar refractivity (Wildman–Crippen MR) is 78.4 cm³/mol. The van der Waals surface area contributed by atoms with E-state index in [1.54, 1.807) is 30.4 Å². The summed E-state index contributed by atoms with van der Waals surface area (Å²) in [6.45, 7) is 0.512. The van der Waals surface area contributed by atoms with Gasteiger partial charge in [-0.05, 0) is 18.2 Å². The van der Waals surface area contributed by atoms with Crippen molar-refractivity contribution in [3.63, 3.8) is 0 Å². The van der Waals surface area contributed by atoms with Crippen molar-refractivity contribution in [2.75, 3.05) is 12.8 Å². The van der Waals surface area contributed by atoms with E-state index in [0.29, 0.717) is 17.2 Å². The lowest BCUT2D eigenvalue weighted by molar-refractivity contribution is 0.0785. The van der Waals surface area contributed by atoms with Gasteiger partial charge in [0, 0.05) is 30.9 Å². The molecule has 3 N–H and O–H groups in total. The molecule has 1 aromatic carbocycles. The van der Waals surface area contributed by atoms with Gasteiger partial charge in [0.1, 0.15) is 0 Å². The van der Waals surface area contributed by atoms with Crippen molar-refractivity contribution in [2.45, 2.75) is 6.54 Å². The standard InChI is InChI=1S/C13H13N5OS/c1-18(7-8-5-15-16-6-8)12(19)9-2-3-10-11(4-9)20-13(14)17-10/h2-6H,7H2,1H3,(H2,14,17)(H,15,16). The van der Waals surface area contributed by atoms with Crippen molar-refractivity contribution in [1.82, 2.24) is 20.1 Å². The van der Waals surface area contributed by atoms with E-state index in [1.165, 1.54) is 11.3 Å². The Labute approximate surface area is 119 Å². The molecule has 0 fully saturated rings. The molecular weight excluding hydrogens is 274 g/mol. The third-order valence-corrected chi connectivity index (χ3v) is 3.82. The zero-order chi connectivity index (χ0) is 14.1. The van der Waals surface area contributed by atoms with Crippen LogP contribution in [0.3, 0.4) is 0 Å². The molecule has 3 aromatic rings. The van der Waals surface area contributed by atoms with Crippen LogP contribution in [0.4, 0.5) is 5.13 Å². The number of benzene rings is 1. The molecule has 2 aromatic heterocycles. The molecule has 0 saturated heterocycles. The number of carbonyl (C=O) groups is 1. The van der Waals surface area contributed by atoms with Crippen molar-refractivity contribution < 1.29 is 4.79 Å². The number of carbonyl (C=O) groups excluding carboxylic acids is 1. The highest BCUT2D eigenvalue weighted by Gasteiger charge is 2.14. The topological polar surface area (TPSA) is 87.9 Å². The van der Waals surface area contributed by atoms with Gasteiger partial charge in [0.15, 0.2) is 5.13 Å². The summed E-state index contributed by atoms with van der Waals surface area (Å²) >= 11 is 1.38. The lowest BCUT2D eigenvalue weighted by Crippen LogP contribution is -2.25. The van der Waals surface area contributed by atoms with Crippen LogP contribution < -0.4 is 5.73 Å². The third kappa shape index (κ3) is 2.35. The van der Waals surface area contributed by atoms with Crippen LogP contribution in [0.2, 0.25) is 0 Å². The van der Waals surface area contributed by atoms with Crippen molar-refractivity contribution in [3.8, 4) is 0 Å². The molecule has 0 aliphatic carbocycles. The molecule has 0 saturated carbocycles. The summed E-state index contributed by atoms with van der Waals surface area (Å²) in [6.07, 6.45) is 3.48. The van der Waals surface area contributed by atoms with Crippen molar-refractivity contribution in [3.05, 3.63) is 41.7 Å². The minimum atomic E-state index is -0.0416. The van der Waals surface area contributed by atoms with Gasteiger partial charge < -0.3 is 10.6 Å². The number of nitrogens with one attached hydrogen (secondary N) is 1. The fourth-order valence-electron chi connectivity index (χ4n) is 2.01. The van der Waals surface area contributed by atoms with Gasteiger partial charge in [-0.25, -0.2) is 4.98 Å². The van der Waals surface area contributed by atoms with E-state index in [-0.39, 0.29) is 5.91 Å². The number of H-pyrrole nitrogens is 1. The van der Waals surface area contributed by atoms with Crippen LogP contribution in [0, 0.1) is 0 Å². The number of nitrogens with two attached hydrogens (primary N) is 1. The average Bonchev–Trinajstić information content (AvgIpc) is 3.04. The second-order valence-corrected chi connectivity index (χ2v) is 5.56. The molecule has 3 rings (SSSR count). The predicted octanol–water partition coefficient (Wildman–Crippen LogP) is 1.87. The Balaban J connectivity index is 1.83. The van der Waals surface area contributed by atoms with Gasteiger partial charge in [0.2, 0.25) is 0 Å². The summed E-state index contributed by atoms with van der Waals surface area (Å²) in [5, 5.41) is 7.11. The van der Waals surface area contributed by atoms with E-state index in [0.717, 1.165) is 15.8 Å². The number of aromatic nitrogens is 3. The highest BCUT2D eigenvalue weighted by Crippen LogP contribution is 2.25. The van der Waals surface area contributed by atoms with Crippen LogP contribution in [-0.2, 0) is 6.54 Å². The maximum Gasteiger partial charge on any atom is 0.253 e. The lowest BCUT2D eigenvalue weighted by atomic mass is 10.2. The second-order valence-electron chi connectivity index (χ2n) is 4.50. The first-order chi connectivity index (χ1) is 9.63. The molecule has 0 radical (unpaired) electrons.